The van der Waals surface area contributed by atoms with Gasteiger partial charge in [-0.2, -0.15) is 0 Å². The van der Waals surface area contributed by atoms with Crippen LogP contribution in [0.15, 0.2) is 18.2 Å². The van der Waals surface area contributed by atoms with Crippen LogP contribution < -0.4 is 5.32 Å². The van der Waals surface area contributed by atoms with Crippen LogP contribution in [0.2, 0.25) is 5.15 Å². The van der Waals surface area contributed by atoms with E-state index >= 15 is 0 Å². The van der Waals surface area contributed by atoms with Gasteiger partial charge in [0, 0.05) is 6.54 Å². The molecule has 19 heavy (non-hydrogen) atoms. The Morgan fingerprint density at radius 1 is 1.47 bits per heavy atom. The number of halogens is 1. The quantitative estimate of drug-likeness (QED) is 0.864. The van der Waals surface area contributed by atoms with E-state index in [1.807, 2.05) is 0 Å². The number of aromatic nitrogens is 1. The molecular weight excluding hydrogens is 262 g/mol. The summed E-state index contributed by atoms with van der Waals surface area (Å²) in [5, 5.41) is 3.32. The van der Waals surface area contributed by atoms with E-state index in [4.69, 9.17) is 11.6 Å². The minimum Gasteiger partial charge on any atom is -0.350 e. The van der Waals surface area contributed by atoms with Crippen molar-refractivity contribution in [3.05, 3.63) is 29.0 Å². The highest BCUT2D eigenvalue weighted by Gasteiger charge is 2.29. The van der Waals surface area contributed by atoms with Gasteiger partial charge in [-0.1, -0.05) is 24.6 Å². The van der Waals surface area contributed by atoms with E-state index in [1.165, 1.54) is 0 Å². The molecule has 0 aliphatic carbocycles. The fourth-order valence-corrected chi connectivity index (χ4v) is 2.42. The summed E-state index contributed by atoms with van der Waals surface area (Å²) in [6, 6.07) is 5.08. The molecule has 4 nitrogen and oxygen atoms in total. The highest BCUT2D eigenvalue weighted by Crippen LogP contribution is 2.29. The van der Waals surface area contributed by atoms with Crippen LogP contribution in [-0.2, 0) is 0 Å². The van der Waals surface area contributed by atoms with Crippen LogP contribution in [0.5, 0.6) is 0 Å². The number of rotatable bonds is 3. The van der Waals surface area contributed by atoms with Gasteiger partial charge in [-0.3, -0.25) is 4.79 Å². The van der Waals surface area contributed by atoms with Crippen LogP contribution in [0.3, 0.4) is 0 Å². The molecule has 1 aromatic heterocycles. The standard InChI is InChI=1S/C14H20ClN3O/c1-14(6-8-18(2)9-7-14)10-16-13(19)11-4-3-5-12(15)17-11/h3-5H,6-10H2,1-2H3,(H,16,19). The zero-order valence-corrected chi connectivity index (χ0v) is 12.2. The van der Waals surface area contributed by atoms with Crippen molar-refractivity contribution in [3.63, 3.8) is 0 Å². The van der Waals surface area contributed by atoms with E-state index in [2.05, 4.69) is 29.2 Å². The number of amides is 1. The average Bonchev–Trinajstić information content (AvgIpc) is 2.40. The molecule has 1 N–H and O–H groups in total. The van der Waals surface area contributed by atoms with Gasteiger partial charge in [0.1, 0.15) is 10.8 Å². The second-order valence-corrected chi connectivity index (χ2v) is 6.03. The molecule has 0 saturated carbocycles. The van der Waals surface area contributed by atoms with E-state index in [0.717, 1.165) is 25.9 Å². The number of hydrogen-bond donors (Lipinski definition) is 1. The highest BCUT2D eigenvalue weighted by atomic mass is 35.5. The van der Waals surface area contributed by atoms with Crippen LogP contribution in [0.1, 0.15) is 30.3 Å². The Labute approximate surface area is 119 Å². The normalized spacial score (nSPS) is 19.1. The lowest BCUT2D eigenvalue weighted by Crippen LogP contribution is -2.43. The third-order valence-electron chi connectivity index (χ3n) is 3.82. The number of piperidine rings is 1. The molecule has 1 fully saturated rings. The minimum atomic E-state index is -0.150. The number of pyridine rings is 1. The third kappa shape index (κ3) is 3.91. The van der Waals surface area contributed by atoms with Crippen molar-refractivity contribution in [2.45, 2.75) is 19.8 Å². The van der Waals surface area contributed by atoms with Crippen molar-refractivity contribution in [1.82, 2.24) is 15.2 Å². The van der Waals surface area contributed by atoms with Crippen LogP contribution in [0.4, 0.5) is 0 Å². The summed E-state index contributed by atoms with van der Waals surface area (Å²) in [6.45, 7) is 5.09. The van der Waals surface area contributed by atoms with Gasteiger partial charge in [0.25, 0.3) is 5.91 Å². The highest BCUT2D eigenvalue weighted by molar-refractivity contribution is 6.29. The molecule has 1 saturated heterocycles. The maximum absolute atomic E-state index is 12.0. The Hall–Kier alpha value is -1.13. The summed E-state index contributed by atoms with van der Waals surface area (Å²) >= 11 is 5.78. The molecule has 0 aromatic carbocycles. The largest absolute Gasteiger partial charge is 0.350 e. The number of nitrogens with zero attached hydrogens (tertiary/aromatic N) is 2. The first-order valence-electron chi connectivity index (χ1n) is 6.58. The van der Waals surface area contributed by atoms with Gasteiger partial charge in [0.15, 0.2) is 0 Å². The molecule has 0 unspecified atom stereocenters. The molecule has 1 amide bonds. The van der Waals surface area contributed by atoms with Crippen molar-refractivity contribution in [1.29, 1.82) is 0 Å². The van der Waals surface area contributed by atoms with E-state index in [9.17, 15) is 4.79 Å². The van der Waals surface area contributed by atoms with E-state index < -0.39 is 0 Å². The molecule has 104 valence electrons. The lowest BCUT2D eigenvalue weighted by atomic mass is 9.80. The zero-order chi connectivity index (χ0) is 13.9. The summed E-state index contributed by atoms with van der Waals surface area (Å²) in [7, 11) is 2.13. The van der Waals surface area contributed by atoms with Crippen LogP contribution in [0, 0.1) is 5.41 Å². The van der Waals surface area contributed by atoms with Crippen LogP contribution in [-0.4, -0.2) is 42.5 Å². The first-order valence-corrected chi connectivity index (χ1v) is 6.96. The van der Waals surface area contributed by atoms with Gasteiger partial charge in [0.2, 0.25) is 0 Å². The number of nitrogens with one attached hydrogen (secondary N) is 1. The average molecular weight is 282 g/mol. The summed E-state index contributed by atoms with van der Waals surface area (Å²) in [6.07, 6.45) is 2.21. The first kappa shape index (κ1) is 14.3. The SMILES string of the molecule is CN1CCC(C)(CNC(=O)c2cccc(Cl)n2)CC1. The molecule has 2 rings (SSSR count). The molecule has 2 heterocycles. The van der Waals surface area contributed by atoms with Gasteiger partial charge in [-0.15, -0.1) is 0 Å². The molecule has 0 bridgehead atoms. The van der Waals surface area contributed by atoms with Gasteiger partial charge in [-0.05, 0) is 50.5 Å². The van der Waals surface area contributed by atoms with Crippen LogP contribution >= 0.6 is 11.6 Å². The molecule has 0 radical (unpaired) electrons. The van der Waals surface area contributed by atoms with Gasteiger partial charge < -0.3 is 10.2 Å². The monoisotopic (exact) mass is 281 g/mol. The Kier molecular flexibility index (Phi) is 4.42. The minimum absolute atomic E-state index is 0.150. The third-order valence-corrected chi connectivity index (χ3v) is 4.03. The lowest BCUT2D eigenvalue weighted by molar-refractivity contribution is 0.0887. The summed E-state index contributed by atoms with van der Waals surface area (Å²) in [5.41, 5.74) is 0.560. The molecule has 0 spiro atoms. The fourth-order valence-electron chi connectivity index (χ4n) is 2.25. The Morgan fingerprint density at radius 2 is 2.16 bits per heavy atom. The van der Waals surface area contributed by atoms with Crippen molar-refractivity contribution in [2.24, 2.45) is 5.41 Å². The van der Waals surface area contributed by atoms with Gasteiger partial charge in [-0.25, -0.2) is 4.98 Å². The van der Waals surface area contributed by atoms with Crippen molar-refractivity contribution in [2.75, 3.05) is 26.7 Å². The first-order chi connectivity index (χ1) is 8.98. The van der Waals surface area contributed by atoms with Crippen LogP contribution in [0.25, 0.3) is 0 Å². The van der Waals surface area contributed by atoms with Crippen molar-refractivity contribution >= 4 is 17.5 Å². The number of carbonyl (C=O) groups excluding carboxylic acids is 1. The predicted molar refractivity (Wildman–Crippen MR) is 76.4 cm³/mol. The van der Waals surface area contributed by atoms with Gasteiger partial charge >= 0.3 is 0 Å². The van der Waals surface area contributed by atoms with Crippen molar-refractivity contribution < 1.29 is 4.79 Å². The molecule has 0 atom stereocenters. The summed E-state index contributed by atoms with van der Waals surface area (Å²) in [5.74, 6) is -0.150. The lowest BCUT2D eigenvalue weighted by Gasteiger charge is -2.37. The van der Waals surface area contributed by atoms with E-state index in [-0.39, 0.29) is 11.3 Å². The summed E-state index contributed by atoms with van der Waals surface area (Å²) < 4.78 is 0. The molecular formula is C14H20ClN3O. The van der Waals surface area contributed by atoms with Crippen molar-refractivity contribution in [3.8, 4) is 0 Å². The Morgan fingerprint density at radius 3 is 2.79 bits per heavy atom. The predicted octanol–water partition coefficient (Wildman–Crippen LogP) is 2.20. The maximum atomic E-state index is 12.0. The van der Waals surface area contributed by atoms with E-state index in [1.54, 1.807) is 18.2 Å². The van der Waals surface area contributed by atoms with E-state index in [0.29, 0.717) is 17.4 Å². The fraction of sp³-hybridized carbons (Fsp3) is 0.571. The summed E-state index contributed by atoms with van der Waals surface area (Å²) in [4.78, 5) is 18.3. The molecule has 5 heteroatoms. The number of carbonyl (C=O) groups is 1. The molecule has 1 aliphatic rings. The number of hydrogen-bond acceptors (Lipinski definition) is 3. The second kappa shape index (κ2) is 5.88. The zero-order valence-electron chi connectivity index (χ0n) is 11.4. The topological polar surface area (TPSA) is 45.2 Å². The molecule has 1 aliphatic heterocycles. The number of likely N-dealkylation sites (tertiary alicyclic amines) is 1. The van der Waals surface area contributed by atoms with Gasteiger partial charge in [0.05, 0.1) is 0 Å². The molecule has 1 aromatic rings. The Balaban J connectivity index is 1.90. The second-order valence-electron chi connectivity index (χ2n) is 5.64. The maximum Gasteiger partial charge on any atom is 0.269 e. The smallest absolute Gasteiger partial charge is 0.269 e. The Bertz CT molecular complexity index is 456.